The molecular formula is C25H20N6O2. The summed E-state index contributed by atoms with van der Waals surface area (Å²) >= 11 is 0. The van der Waals surface area contributed by atoms with Gasteiger partial charge in [-0.05, 0) is 42.5 Å². The Bertz CT molecular complexity index is 1320. The van der Waals surface area contributed by atoms with E-state index in [2.05, 4.69) is 30.9 Å². The Morgan fingerprint density at radius 1 is 0.970 bits per heavy atom. The molecule has 0 spiro atoms. The molecule has 1 aliphatic heterocycles. The third kappa shape index (κ3) is 4.54. The number of para-hydroxylation sites is 1. The summed E-state index contributed by atoms with van der Waals surface area (Å²) in [6.07, 6.45) is 3.58. The van der Waals surface area contributed by atoms with Crippen molar-refractivity contribution in [2.75, 3.05) is 10.6 Å². The van der Waals surface area contributed by atoms with E-state index in [9.17, 15) is 9.59 Å². The van der Waals surface area contributed by atoms with E-state index in [0.29, 0.717) is 23.8 Å². The van der Waals surface area contributed by atoms with E-state index >= 15 is 0 Å². The normalized spacial score (nSPS) is 12.1. The first-order valence-corrected chi connectivity index (χ1v) is 10.5. The highest BCUT2D eigenvalue weighted by atomic mass is 16.2. The Balaban J connectivity index is 1.31. The second kappa shape index (κ2) is 8.88. The molecule has 0 radical (unpaired) electrons. The van der Waals surface area contributed by atoms with Crippen LogP contribution in [-0.4, -0.2) is 26.8 Å². The molecule has 5 rings (SSSR count). The maximum atomic E-state index is 12.4. The molecular weight excluding hydrogens is 416 g/mol. The molecule has 2 aromatic carbocycles. The highest BCUT2D eigenvalue weighted by molar-refractivity contribution is 6.00. The minimum atomic E-state index is -0.178. The van der Waals surface area contributed by atoms with Gasteiger partial charge in [0.2, 0.25) is 11.9 Å². The molecule has 0 atom stereocenters. The summed E-state index contributed by atoms with van der Waals surface area (Å²) < 4.78 is 0. The molecule has 162 valence electrons. The van der Waals surface area contributed by atoms with Gasteiger partial charge in [0.05, 0.1) is 30.0 Å². The molecule has 8 nitrogen and oxygen atoms in total. The number of hydrogen-bond acceptors (Lipinski definition) is 6. The zero-order chi connectivity index (χ0) is 22.6. The Hall–Kier alpha value is -4.59. The first kappa shape index (κ1) is 20.3. The number of aromatic nitrogens is 3. The van der Waals surface area contributed by atoms with Gasteiger partial charge in [-0.25, -0.2) is 9.97 Å². The standard InChI is InChI=1S/C25H20N6O2/c32-22-13-17-14-28-25(31-23(17)20-6-1-2-7-21(20)30-22)29-18-10-8-16(9-11-18)24(33)27-15-19-5-3-4-12-26-19/h1-12,14H,13,15H2,(H,27,33)(H,30,32)(H,28,29,31). The van der Waals surface area contributed by atoms with Crippen molar-refractivity contribution in [3.05, 3.63) is 95.9 Å². The van der Waals surface area contributed by atoms with Crippen LogP contribution in [0.1, 0.15) is 21.6 Å². The predicted molar refractivity (Wildman–Crippen MR) is 125 cm³/mol. The van der Waals surface area contributed by atoms with Crippen molar-refractivity contribution in [2.24, 2.45) is 0 Å². The summed E-state index contributed by atoms with van der Waals surface area (Å²) in [5, 5.41) is 8.94. The Labute approximate surface area is 190 Å². The summed E-state index contributed by atoms with van der Waals surface area (Å²) in [5.74, 6) is 0.134. The lowest BCUT2D eigenvalue weighted by Gasteiger charge is -2.11. The second-order valence-corrected chi connectivity index (χ2v) is 7.54. The number of amides is 2. The van der Waals surface area contributed by atoms with Gasteiger partial charge in [0.15, 0.2) is 0 Å². The van der Waals surface area contributed by atoms with Crippen LogP contribution in [0, 0.1) is 0 Å². The van der Waals surface area contributed by atoms with Crippen LogP contribution in [0.3, 0.4) is 0 Å². The van der Waals surface area contributed by atoms with E-state index in [1.54, 1.807) is 36.7 Å². The fourth-order valence-corrected chi connectivity index (χ4v) is 3.61. The molecule has 0 unspecified atom stereocenters. The van der Waals surface area contributed by atoms with Gasteiger partial charge in [0.25, 0.3) is 5.91 Å². The van der Waals surface area contributed by atoms with Crippen LogP contribution in [0.5, 0.6) is 0 Å². The van der Waals surface area contributed by atoms with Crippen molar-refractivity contribution in [1.82, 2.24) is 20.3 Å². The lowest BCUT2D eigenvalue weighted by molar-refractivity contribution is -0.115. The number of fused-ring (bicyclic) bond motifs is 3. The Morgan fingerprint density at radius 3 is 2.61 bits per heavy atom. The summed E-state index contributed by atoms with van der Waals surface area (Å²) in [4.78, 5) is 37.8. The van der Waals surface area contributed by atoms with Crippen LogP contribution >= 0.6 is 0 Å². The van der Waals surface area contributed by atoms with Crippen molar-refractivity contribution in [1.29, 1.82) is 0 Å². The van der Waals surface area contributed by atoms with Crippen molar-refractivity contribution >= 4 is 29.1 Å². The zero-order valence-corrected chi connectivity index (χ0v) is 17.6. The maximum Gasteiger partial charge on any atom is 0.251 e. The lowest BCUT2D eigenvalue weighted by atomic mass is 10.1. The minimum absolute atomic E-state index is 0.0950. The third-order valence-electron chi connectivity index (χ3n) is 5.23. The molecule has 0 saturated heterocycles. The smallest absolute Gasteiger partial charge is 0.251 e. The van der Waals surface area contributed by atoms with Gasteiger partial charge in [0.1, 0.15) is 0 Å². The zero-order valence-electron chi connectivity index (χ0n) is 17.6. The fourth-order valence-electron chi connectivity index (χ4n) is 3.61. The van der Waals surface area contributed by atoms with Crippen molar-refractivity contribution < 1.29 is 9.59 Å². The first-order chi connectivity index (χ1) is 16.2. The molecule has 0 bridgehead atoms. The SMILES string of the molecule is O=C1Cc2cnc(Nc3ccc(C(=O)NCc4ccccn4)cc3)nc2-c2ccccc2N1. The number of carbonyl (C=O) groups is 2. The number of pyridine rings is 1. The van der Waals surface area contributed by atoms with Gasteiger partial charge in [-0.3, -0.25) is 14.6 Å². The number of hydrogen-bond donors (Lipinski definition) is 3. The quantitative estimate of drug-likeness (QED) is 0.440. The van der Waals surface area contributed by atoms with E-state index in [0.717, 1.165) is 28.2 Å². The molecule has 0 aliphatic carbocycles. The van der Waals surface area contributed by atoms with Gasteiger partial charge >= 0.3 is 0 Å². The Morgan fingerprint density at radius 2 is 1.79 bits per heavy atom. The van der Waals surface area contributed by atoms with Gasteiger partial charge in [0, 0.05) is 34.8 Å². The topological polar surface area (TPSA) is 109 Å². The molecule has 4 aromatic rings. The summed E-state index contributed by atoms with van der Waals surface area (Å²) in [7, 11) is 0. The summed E-state index contributed by atoms with van der Waals surface area (Å²) in [6.45, 7) is 0.363. The lowest BCUT2D eigenvalue weighted by Crippen LogP contribution is -2.23. The average Bonchev–Trinajstić information content (AvgIpc) is 2.99. The van der Waals surface area contributed by atoms with Crippen molar-refractivity contribution in [3.8, 4) is 11.3 Å². The predicted octanol–water partition coefficient (Wildman–Crippen LogP) is 3.71. The molecule has 8 heteroatoms. The van der Waals surface area contributed by atoms with Gasteiger partial charge in [-0.1, -0.05) is 24.3 Å². The van der Waals surface area contributed by atoms with E-state index in [4.69, 9.17) is 0 Å². The molecule has 0 saturated carbocycles. The van der Waals surface area contributed by atoms with Gasteiger partial charge in [-0.2, -0.15) is 0 Å². The highest BCUT2D eigenvalue weighted by Crippen LogP contribution is 2.32. The molecule has 2 amide bonds. The van der Waals surface area contributed by atoms with Crippen molar-refractivity contribution in [2.45, 2.75) is 13.0 Å². The van der Waals surface area contributed by atoms with E-state index in [1.165, 1.54) is 0 Å². The van der Waals surface area contributed by atoms with Crippen molar-refractivity contribution in [3.63, 3.8) is 0 Å². The second-order valence-electron chi connectivity index (χ2n) is 7.54. The van der Waals surface area contributed by atoms with Crippen LogP contribution in [0.2, 0.25) is 0 Å². The number of carbonyl (C=O) groups excluding carboxylic acids is 2. The fraction of sp³-hybridized carbons (Fsp3) is 0.0800. The highest BCUT2D eigenvalue weighted by Gasteiger charge is 2.20. The molecule has 3 N–H and O–H groups in total. The minimum Gasteiger partial charge on any atom is -0.346 e. The molecule has 2 aromatic heterocycles. The maximum absolute atomic E-state index is 12.4. The Kier molecular flexibility index (Phi) is 5.47. The van der Waals surface area contributed by atoms with Crippen LogP contribution in [0.15, 0.2) is 79.1 Å². The number of benzene rings is 2. The number of nitrogens with zero attached hydrogens (tertiary/aromatic N) is 3. The molecule has 0 fully saturated rings. The van der Waals surface area contributed by atoms with Gasteiger partial charge in [-0.15, -0.1) is 0 Å². The van der Waals surface area contributed by atoms with Gasteiger partial charge < -0.3 is 16.0 Å². The summed E-state index contributed by atoms with van der Waals surface area (Å²) in [6, 6.07) is 20.2. The van der Waals surface area contributed by atoms with E-state index < -0.39 is 0 Å². The summed E-state index contributed by atoms with van der Waals surface area (Å²) in [5.41, 5.74) is 5.14. The molecule has 1 aliphatic rings. The first-order valence-electron chi connectivity index (χ1n) is 10.5. The average molecular weight is 436 g/mol. The van der Waals surface area contributed by atoms with E-state index in [1.807, 2.05) is 42.5 Å². The van der Waals surface area contributed by atoms with Crippen LogP contribution in [-0.2, 0) is 17.8 Å². The molecule has 33 heavy (non-hydrogen) atoms. The largest absolute Gasteiger partial charge is 0.346 e. The number of nitrogens with one attached hydrogen (secondary N) is 3. The monoisotopic (exact) mass is 436 g/mol. The van der Waals surface area contributed by atoms with E-state index in [-0.39, 0.29) is 18.2 Å². The number of anilines is 3. The van der Waals surface area contributed by atoms with Crippen LogP contribution in [0.25, 0.3) is 11.3 Å². The van der Waals surface area contributed by atoms with Crippen LogP contribution in [0.4, 0.5) is 17.3 Å². The third-order valence-corrected chi connectivity index (χ3v) is 5.23. The molecule has 3 heterocycles. The number of rotatable bonds is 5. The van der Waals surface area contributed by atoms with Crippen LogP contribution < -0.4 is 16.0 Å².